The number of fused-ring (bicyclic) bond motifs is 1. The number of rotatable bonds is 10. The Morgan fingerprint density at radius 3 is 2.67 bits per heavy atom. The first-order valence-electron chi connectivity index (χ1n) is 9.98. The molecule has 0 spiro atoms. The molecule has 0 bridgehead atoms. The van der Waals surface area contributed by atoms with Crippen molar-refractivity contribution < 1.29 is 28.6 Å². The maximum Gasteiger partial charge on any atom is 0.306 e. The number of para-hydroxylation sites is 1. The molecule has 1 unspecified atom stereocenters. The molecule has 10 heteroatoms. The van der Waals surface area contributed by atoms with Crippen molar-refractivity contribution in [3.8, 4) is 0 Å². The van der Waals surface area contributed by atoms with Crippen LogP contribution in [-0.2, 0) is 19.1 Å². The number of thiazole rings is 1. The number of nitrogens with one attached hydrogen (secondary N) is 1. The second-order valence-electron chi connectivity index (χ2n) is 6.85. The van der Waals surface area contributed by atoms with E-state index in [-0.39, 0.29) is 36.9 Å². The van der Waals surface area contributed by atoms with Gasteiger partial charge in [0.05, 0.1) is 34.4 Å². The first-order chi connectivity index (χ1) is 15.8. The van der Waals surface area contributed by atoms with E-state index in [1.807, 2.05) is 0 Å². The number of aromatic nitrogens is 1. The molecule has 0 saturated carbocycles. The Morgan fingerprint density at radius 2 is 2.00 bits per heavy atom. The molecule has 0 saturated heterocycles. The molecule has 172 valence electrons. The third kappa shape index (κ3) is 5.74. The minimum Gasteiger partial charge on any atom is -0.504 e. The predicted molar refractivity (Wildman–Crippen MR) is 124 cm³/mol. The summed E-state index contributed by atoms with van der Waals surface area (Å²) in [5, 5.41) is 14.0. The van der Waals surface area contributed by atoms with E-state index in [0.29, 0.717) is 15.7 Å². The van der Waals surface area contributed by atoms with Gasteiger partial charge < -0.3 is 15.2 Å². The van der Waals surface area contributed by atoms with E-state index in [1.54, 1.807) is 31.2 Å². The summed E-state index contributed by atoms with van der Waals surface area (Å²) in [6.45, 7) is 1.78. The standard InChI is InChI=1S/C23H20ClFN2O5S/c1-2-32-19(31)11-10-16(29)20(17(30)12-28)21(13-6-3-4-8-15(13)25)26-23-27-22-14(24)7-5-9-18(22)33-23/h3-9,12,21,30H,2,10-11H2,1H3,(H,26,27)/b20-17+. The van der Waals surface area contributed by atoms with Gasteiger partial charge in [-0.25, -0.2) is 9.37 Å². The van der Waals surface area contributed by atoms with Crippen molar-refractivity contribution >= 4 is 56.3 Å². The van der Waals surface area contributed by atoms with Crippen LogP contribution in [0.2, 0.25) is 5.02 Å². The minimum atomic E-state index is -1.26. The van der Waals surface area contributed by atoms with E-state index < -0.39 is 29.4 Å². The number of aliphatic hydroxyl groups excluding tert-OH is 1. The zero-order valence-electron chi connectivity index (χ0n) is 17.5. The van der Waals surface area contributed by atoms with Crippen molar-refractivity contribution in [3.63, 3.8) is 0 Å². The van der Waals surface area contributed by atoms with Crippen molar-refractivity contribution in [1.82, 2.24) is 4.98 Å². The summed E-state index contributed by atoms with van der Waals surface area (Å²) in [5.74, 6) is -2.85. The number of Topliss-reactive ketones (excluding diaryl/α,β-unsaturated/α-hetero) is 1. The van der Waals surface area contributed by atoms with Gasteiger partial charge in [-0.05, 0) is 25.1 Å². The molecular formula is C23H20ClFN2O5S. The van der Waals surface area contributed by atoms with E-state index in [1.165, 1.54) is 29.5 Å². The number of ether oxygens (including phenoxy) is 1. The van der Waals surface area contributed by atoms with Gasteiger partial charge in [-0.3, -0.25) is 14.4 Å². The van der Waals surface area contributed by atoms with Crippen molar-refractivity contribution in [2.24, 2.45) is 0 Å². The molecule has 0 aliphatic heterocycles. The lowest BCUT2D eigenvalue weighted by Gasteiger charge is -2.22. The summed E-state index contributed by atoms with van der Waals surface area (Å²) in [5.41, 5.74) is 0.137. The number of benzene rings is 2. The Hall–Kier alpha value is -3.30. The number of hydrogen-bond acceptors (Lipinski definition) is 8. The van der Waals surface area contributed by atoms with Gasteiger partial charge in [0.15, 0.2) is 23.0 Å². The van der Waals surface area contributed by atoms with E-state index >= 15 is 0 Å². The number of nitrogens with zero attached hydrogens (tertiary/aromatic N) is 1. The Kier molecular flexibility index (Phi) is 8.13. The van der Waals surface area contributed by atoms with Crippen LogP contribution in [0, 0.1) is 5.82 Å². The number of carbonyl (C=O) groups excluding carboxylic acids is 3. The average molecular weight is 491 g/mol. The Balaban J connectivity index is 2.04. The number of aldehydes is 1. The predicted octanol–water partition coefficient (Wildman–Crippen LogP) is 5.17. The Labute approximate surface area is 197 Å². The molecule has 0 aliphatic rings. The lowest BCUT2D eigenvalue weighted by molar-refractivity contribution is -0.144. The number of carbonyl (C=O) groups is 3. The van der Waals surface area contributed by atoms with Crippen molar-refractivity contribution in [2.75, 3.05) is 11.9 Å². The zero-order chi connectivity index (χ0) is 24.0. The number of halogens is 2. The highest BCUT2D eigenvalue weighted by molar-refractivity contribution is 7.22. The minimum absolute atomic E-state index is 0.00994. The number of anilines is 1. The highest BCUT2D eigenvalue weighted by Gasteiger charge is 2.30. The second kappa shape index (κ2) is 11.0. The fourth-order valence-electron chi connectivity index (χ4n) is 3.21. The van der Waals surface area contributed by atoms with Crippen LogP contribution in [0.1, 0.15) is 31.4 Å². The lowest BCUT2D eigenvalue weighted by Crippen LogP contribution is -2.23. The van der Waals surface area contributed by atoms with Crippen LogP contribution in [0.3, 0.4) is 0 Å². The SMILES string of the molecule is CCOC(=O)CCC(=O)/C(=C(\O)C=O)C(Nc1nc2c(Cl)cccc2s1)c1ccccc1F. The largest absolute Gasteiger partial charge is 0.504 e. The topological polar surface area (TPSA) is 106 Å². The van der Waals surface area contributed by atoms with Crippen LogP contribution in [0.5, 0.6) is 0 Å². The maximum absolute atomic E-state index is 14.8. The highest BCUT2D eigenvalue weighted by atomic mass is 35.5. The molecule has 3 aromatic rings. The van der Waals surface area contributed by atoms with Crippen LogP contribution < -0.4 is 5.32 Å². The molecule has 1 heterocycles. The van der Waals surface area contributed by atoms with E-state index in [0.717, 1.165) is 4.70 Å². The van der Waals surface area contributed by atoms with E-state index in [2.05, 4.69) is 10.3 Å². The molecule has 3 rings (SSSR count). The summed E-state index contributed by atoms with van der Waals surface area (Å²) < 4.78 is 20.3. The van der Waals surface area contributed by atoms with Gasteiger partial charge in [0.1, 0.15) is 11.3 Å². The summed E-state index contributed by atoms with van der Waals surface area (Å²) in [6, 6.07) is 9.60. The second-order valence-corrected chi connectivity index (χ2v) is 8.29. The van der Waals surface area contributed by atoms with Crippen LogP contribution in [-0.4, -0.2) is 34.7 Å². The smallest absolute Gasteiger partial charge is 0.306 e. The molecule has 7 nitrogen and oxygen atoms in total. The number of esters is 1. The van der Waals surface area contributed by atoms with Gasteiger partial charge in [0, 0.05) is 12.0 Å². The molecule has 2 N–H and O–H groups in total. The van der Waals surface area contributed by atoms with E-state index in [9.17, 15) is 23.9 Å². The maximum atomic E-state index is 14.8. The van der Waals surface area contributed by atoms with Gasteiger partial charge >= 0.3 is 5.97 Å². The summed E-state index contributed by atoms with van der Waals surface area (Å²) in [7, 11) is 0. The highest BCUT2D eigenvalue weighted by Crippen LogP contribution is 2.36. The van der Waals surface area contributed by atoms with Crippen LogP contribution in [0.15, 0.2) is 53.8 Å². The fraction of sp³-hybridized carbons (Fsp3) is 0.217. The van der Waals surface area contributed by atoms with Gasteiger partial charge in [-0.1, -0.05) is 47.2 Å². The Bertz CT molecular complexity index is 1230. The quantitative estimate of drug-likeness (QED) is 0.175. The number of ketones is 1. The number of aliphatic hydroxyl groups is 1. The van der Waals surface area contributed by atoms with E-state index in [4.69, 9.17) is 16.3 Å². The van der Waals surface area contributed by atoms with Crippen molar-refractivity contribution in [3.05, 3.63) is 70.2 Å². The monoisotopic (exact) mass is 490 g/mol. The Morgan fingerprint density at radius 1 is 1.24 bits per heavy atom. The number of hydrogen-bond donors (Lipinski definition) is 2. The van der Waals surface area contributed by atoms with Gasteiger partial charge in [-0.2, -0.15) is 0 Å². The van der Waals surface area contributed by atoms with Crippen LogP contribution in [0.25, 0.3) is 10.2 Å². The normalized spacial score (nSPS) is 12.7. The molecule has 1 aromatic heterocycles. The summed E-state index contributed by atoms with van der Waals surface area (Å²) in [4.78, 5) is 40.6. The molecule has 0 fully saturated rings. The van der Waals surface area contributed by atoms with Crippen LogP contribution in [0.4, 0.5) is 9.52 Å². The number of allylic oxidation sites excluding steroid dienone is 1. The lowest BCUT2D eigenvalue weighted by atomic mass is 9.92. The molecule has 33 heavy (non-hydrogen) atoms. The third-order valence-corrected chi connectivity index (χ3v) is 5.95. The van der Waals surface area contributed by atoms with Gasteiger partial charge in [0.25, 0.3) is 0 Å². The zero-order valence-corrected chi connectivity index (χ0v) is 19.1. The van der Waals surface area contributed by atoms with Gasteiger partial charge in [0.2, 0.25) is 0 Å². The average Bonchev–Trinajstić information content (AvgIpc) is 3.22. The first-order valence-corrected chi connectivity index (χ1v) is 11.2. The van der Waals surface area contributed by atoms with Crippen molar-refractivity contribution in [1.29, 1.82) is 0 Å². The summed E-state index contributed by atoms with van der Waals surface area (Å²) in [6.07, 6.45) is -0.504. The molecule has 1 atom stereocenters. The molecular weight excluding hydrogens is 471 g/mol. The van der Waals surface area contributed by atoms with Crippen LogP contribution >= 0.6 is 22.9 Å². The molecule has 0 radical (unpaired) electrons. The molecule has 2 aromatic carbocycles. The first kappa shape index (κ1) is 24.3. The molecule has 0 aliphatic carbocycles. The fourth-order valence-corrected chi connectivity index (χ4v) is 4.41. The van der Waals surface area contributed by atoms with Gasteiger partial charge in [-0.15, -0.1) is 0 Å². The third-order valence-electron chi connectivity index (χ3n) is 4.69. The molecule has 0 amide bonds. The van der Waals surface area contributed by atoms with Crippen molar-refractivity contribution in [2.45, 2.75) is 25.8 Å². The summed E-state index contributed by atoms with van der Waals surface area (Å²) >= 11 is 7.40.